The summed E-state index contributed by atoms with van der Waals surface area (Å²) < 4.78 is 6.37. The number of amides is 1. The Hall–Kier alpha value is -2.89. The van der Waals surface area contributed by atoms with E-state index in [1.54, 1.807) is 36.4 Å². The number of hydrogen-bond donors (Lipinski definition) is 1. The molecule has 2 heterocycles. The summed E-state index contributed by atoms with van der Waals surface area (Å²) in [6, 6.07) is 12.3. The van der Waals surface area contributed by atoms with Gasteiger partial charge in [-0.05, 0) is 31.2 Å². The topological polar surface area (TPSA) is 77.1 Å². The maximum atomic E-state index is 12.0. The van der Waals surface area contributed by atoms with Crippen molar-refractivity contribution in [1.82, 2.24) is 9.55 Å². The number of aromatic nitrogens is 2. The van der Waals surface area contributed by atoms with Crippen molar-refractivity contribution in [3.63, 3.8) is 0 Å². The first-order valence-electron chi connectivity index (χ1n) is 6.45. The molecule has 3 rings (SSSR count). The smallest absolute Gasteiger partial charge is 0.408 e. The minimum Gasteiger partial charge on any atom is -0.408 e. The molecule has 6 nitrogen and oxygen atoms in total. The molecule has 3 aromatic rings. The Kier molecular flexibility index (Phi) is 3.27. The predicted octanol–water partition coefficient (Wildman–Crippen LogP) is 1.94. The van der Waals surface area contributed by atoms with Gasteiger partial charge < -0.3 is 9.73 Å². The van der Waals surface area contributed by atoms with E-state index in [-0.39, 0.29) is 12.5 Å². The van der Waals surface area contributed by atoms with Gasteiger partial charge in [-0.2, -0.15) is 0 Å². The van der Waals surface area contributed by atoms with Crippen LogP contribution in [0, 0.1) is 6.92 Å². The number of aryl methyl sites for hydroxylation is 1. The summed E-state index contributed by atoms with van der Waals surface area (Å²) in [4.78, 5) is 28.0. The summed E-state index contributed by atoms with van der Waals surface area (Å²) in [5.74, 6) is -0.425. The highest BCUT2D eigenvalue weighted by atomic mass is 16.4. The maximum absolute atomic E-state index is 12.0. The number of anilines is 1. The number of carbonyl (C=O) groups is 1. The van der Waals surface area contributed by atoms with E-state index in [1.807, 2.05) is 13.0 Å². The summed E-state index contributed by atoms with van der Waals surface area (Å²) in [7, 11) is 0. The van der Waals surface area contributed by atoms with Gasteiger partial charge in [0.25, 0.3) is 0 Å². The van der Waals surface area contributed by atoms with Crippen molar-refractivity contribution >= 4 is 22.8 Å². The van der Waals surface area contributed by atoms with Crippen LogP contribution in [0.1, 0.15) is 5.69 Å². The number of hydrogen-bond acceptors (Lipinski definition) is 4. The van der Waals surface area contributed by atoms with Crippen LogP contribution in [0.4, 0.5) is 5.82 Å². The van der Waals surface area contributed by atoms with E-state index in [0.29, 0.717) is 16.9 Å². The molecule has 0 saturated carbocycles. The molecule has 0 fully saturated rings. The molecule has 0 aliphatic heterocycles. The van der Waals surface area contributed by atoms with Gasteiger partial charge in [0, 0.05) is 5.69 Å². The lowest BCUT2D eigenvalue weighted by molar-refractivity contribution is -0.116. The van der Waals surface area contributed by atoms with E-state index in [4.69, 9.17) is 4.42 Å². The Morgan fingerprint density at radius 3 is 2.86 bits per heavy atom. The fourth-order valence-corrected chi connectivity index (χ4v) is 2.10. The van der Waals surface area contributed by atoms with Gasteiger partial charge in [-0.25, -0.2) is 9.78 Å². The predicted molar refractivity (Wildman–Crippen MR) is 78.1 cm³/mol. The molecule has 0 atom stereocenters. The molecule has 1 aromatic carbocycles. The molecule has 1 amide bonds. The van der Waals surface area contributed by atoms with Gasteiger partial charge in [0.2, 0.25) is 5.91 Å². The van der Waals surface area contributed by atoms with Crippen LogP contribution in [0.3, 0.4) is 0 Å². The molecule has 6 heteroatoms. The van der Waals surface area contributed by atoms with Crippen molar-refractivity contribution in [2.24, 2.45) is 0 Å². The van der Waals surface area contributed by atoms with Crippen LogP contribution in [0.15, 0.2) is 51.7 Å². The van der Waals surface area contributed by atoms with E-state index in [9.17, 15) is 9.59 Å². The van der Waals surface area contributed by atoms with Gasteiger partial charge in [-0.1, -0.05) is 18.2 Å². The third kappa shape index (κ3) is 2.69. The number of pyridine rings is 1. The first-order chi connectivity index (χ1) is 10.1. The van der Waals surface area contributed by atoms with Gasteiger partial charge in [0.05, 0.1) is 5.52 Å². The van der Waals surface area contributed by atoms with Crippen LogP contribution < -0.4 is 11.1 Å². The Bertz CT molecular complexity index is 864. The number of nitrogens with one attached hydrogen (secondary N) is 1. The molecular formula is C15H13N3O3. The lowest BCUT2D eigenvalue weighted by Crippen LogP contribution is -2.25. The maximum Gasteiger partial charge on any atom is 0.420 e. The Balaban J connectivity index is 1.84. The highest BCUT2D eigenvalue weighted by Gasteiger charge is 2.12. The molecule has 0 spiro atoms. The fraction of sp³-hybridized carbons (Fsp3) is 0.133. The van der Waals surface area contributed by atoms with Gasteiger partial charge in [0.15, 0.2) is 5.58 Å². The third-order valence-corrected chi connectivity index (χ3v) is 3.03. The highest BCUT2D eigenvalue weighted by Crippen LogP contribution is 2.12. The number of rotatable bonds is 3. The van der Waals surface area contributed by atoms with E-state index in [2.05, 4.69) is 10.3 Å². The Morgan fingerprint density at radius 1 is 1.24 bits per heavy atom. The van der Waals surface area contributed by atoms with Gasteiger partial charge >= 0.3 is 5.76 Å². The zero-order chi connectivity index (χ0) is 14.8. The molecule has 0 aliphatic carbocycles. The van der Waals surface area contributed by atoms with Crippen LogP contribution >= 0.6 is 0 Å². The second-order valence-corrected chi connectivity index (χ2v) is 4.63. The first kappa shape index (κ1) is 13.1. The molecule has 0 unspecified atom stereocenters. The number of fused-ring (bicyclic) bond motifs is 1. The number of para-hydroxylation sites is 2. The number of carbonyl (C=O) groups excluding carboxylic acids is 1. The molecule has 0 bridgehead atoms. The molecule has 106 valence electrons. The zero-order valence-corrected chi connectivity index (χ0v) is 11.4. The first-order valence-corrected chi connectivity index (χ1v) is 6.45. The van der Waals surface area contributed by atoms with E-state index >= 15 is 0 Å². The van der Waals surface area contributed by atoms with Crippen LogP contribution in [0.5, 0.6) is 0 Å². The van der Waals surface area contributed by atoms with Crippen molar-refractivity contribution in [2.45, 2.75) is 13.5 Å². The van der Waals surface area contributed by atoms with Gasteiger partial charge in [-0.15, -0.1) is 0 Å². The molecular weight excluding hydrogens is 270 g/mol. The molecule has 21 heavy (non-hydrogen) atoms. The van der Waals surface area contributed by atoms with Crippen molar-refractivity contribution in [3.05, 3.63) is 58.7 Å². The summed E-state index contributed by atoms with van der Waals surface area (Å²) >= 11 is 0. The van der Waals surface area contributed by atoms with E-state index in [1.165, 1.54) is 4.57 Å². The second-order valence-electron chi connectivity index (χ2n) is 4.63. The minimum atomic E-state index is -0.552. The standard InChI is InChI=1S/C15H13N3O3/c1-10-5-4-8-13(16-10)17-14(19)9-18-11-6-2-3-7-12(11)21-15(18)20/h2-8H,9H2,1H3,(H,16,17,19). The average Bonchev–Trinajstić information content (AvgIpc) is 2.75. The number of oxazole rings is 1. The Morgan fingerprint density at radius 2 is 2.05 bits per heavy atom. The van der Waals surface area contributed by atoms with Crippen molar-refractivity contribution in [2.75, 3.05) is 5.32 Å². The quantitative estimate of drug-likeness (QED) is 0.796. The molecule has 2 aromatic heterocycles. The normalized spacial score (nSPS) is 10.7. The lowest BCUT2D eigenvalue weighted by Gasteiger charge is -2.05. The van der Waals surface area contributed by atoms with E-state index < -0.39 is 5.76 Å². The van der Waals surface area contributed by atoms with Crippen molar-refractivity contribution in [3.8, 4) is 0 Å². The third-order valence-electron chi connectivity index (χ3n) is 3.03. The summed E-state index contributed by atoms with van der Waals surface area (Å²) in [6.45, 7) is 1.72. The summed E-state index contributed by atoms with van der Waals surface area (Å²) in [5, 5.41) is 2.66. The lowest BCUT2D eigenvalue weighted by atomic mass is 10.3. The number of nitrogens with zero attached hydrogens (tertiary/aromatic N) is 2. The highest BCUT2D eigenvalue weighted by molar-refractivity contribution is 5.90. The Labute approximate surface area is 120 Å². The van der Waals surface area contributed by atoms with Gasteiger partial charge in [0.1, 0.15) is 12.4 Å². The molecule has 0 aliphatic rings. The van der Waals surface area contributed by atoms with Crippen molar-refractivity contribution in [1.29, 1.82) is 0 Å². The van der Waals surface area contributed by atoms with Crippen LogP contribution in [0.2, 0.25) is 0 Å². The van der Waals surface area contributed by atoms with E-state index in [0.717, 1.165) is 5.69 Å². The average molecular weight is 283 g/mol. The molecule has 0 radical (unpaired) electrons. The number of benzene rings is 1. The largest absolute Gasteiger partial charge is 0.420 e. The summed E-state index contributed by atoms with van der Waals surface area (Å²) in [6.07, 6.45) is 0. The molecule has 1 N–H and O–H groups in total. The SMILES string of the molecule is Cc1cccc(NC(=O)Cn2c(=O)oc3ccccc32)n1. The monoisotopic (exact) mass is 283 g/mol. The summed E-state index contributed by atoms with van der Waals surface area (Å²) in [5.41, 5.74) is 1.86. The zero-order valence-electron chi connectivity index (χ0n) is 11.4. The van der Waals surface area contributed by atoms with Crippen LogP contribution in [0.25, 0.3) is 11.1 Å². The van der Waals surface area contributed by atoms with Crippen LogP contribution in [-0.4, -0.2) is 15.5 Å². The second kappa shape index (κ2) is 5.24. The van der Waals surface area contributed by atoms with Gasteiger partial charge in [-0.3, -0.25) is 9.36 Å². The molecule has 0 saturated heterocycles. The fourth-order valence-electron chi connectivity index (χ4n) is 2.10. The minimum absolute atomic E-state index is 0.120. The van der Waals surface area contributed by atoms with Crippen LogP contribution in [-0.2, 0) is 11.3 Å². The van der Waals surface area contributed by atoms with Crippen molar-refractivity contribution < 1.29 is 9.21 Å².